The van der Waals surface area contributed by atoms with Crippen LogP contribution in [-0.2, 0) is 9.90 Å². The van der Waals surface area contributed by atoms with E-state index in [9.17, 15) is 9.90 Å². The molecule has 2 nitrogen and oxygen atoms in total. The molecule has 0 aromatic rings. The highest BCUT2D eigenvalue weighted by molar-refractivity contribution is 5.71. The van der Waals surface area contributed by atoms with Crippen LogP contribution in [0, 0.1) is 11.8 Å². The SMILES string of the molecule is C=CC(C([O])=O)C(C)C. The molecule has 51 valence electrons. The lowest BCUT2D eigenvalue weighted by Gasteiger charge is -2.07. The first kappa shape index (κ1) is 8.21. The number of rotatable bonds is 3. The van der Waals surface area contributed by atoms with Gasteiger partial charge in [-0.2, -0.15) is 0 Å². The molecule has 0 rings (SSSR count). The summed E-state index contributed by atoms with van der Waals surface area (Å²) in [7, 11) is 0. The van der Waals surface area contributed by atoms with Crippen molar-refractivity contribution >= 4 is 5.97 Å². The first-order valence-electron chi connectivity index (χ1n) is 2.93. The van der Waals surface area contributed by atoms with Gasteiger partial charge in [-0.05, 0) is 5.92 Å². The van der Waals surface area contributed by atoms with E-state index in [4.69, 9.17) is 0 Å². The van der Waals surface area contributed by atoms with Gasteiger partial charge in [0.2, 0.25) is 0 Å². The molecule has 0 aromatic carbocycles. The minimum Gasteiger partial charge on any atom is -0.247 e. The monoisotopic (exact) mass is 127 g/mol. The standard InChI is InChI=1S/C7H11O2/c1-4-6(5(2)3)7(8)9/h4-6H,1H2,2-3H3. The fraction of sp³-hybridized carbons (Fsp3) is 0.571. The van der Waals surface area contributed by atoms with E-state index >= 15 is 0 Å². The number of carbonyl (C=O) groups excluding carboxylic acids is 1. The maximum absolute atomic E-state index is 10.2. The normalized spacial score (nSPS) is 13.2. The Kier molecular flexibility index (Phi) is 2.99. The van der Waals surface area contributed by atoms with Gasteiger partial charge in [0, 0.05) is 0 Å². The van der Waals surface area contributed by atoms with Crippen molar-refractivity contribution in [2.75, 3.05) is 0 Å². The fourth-order valence-electron chi connectivity index (χ4n) is 0.641. The van der Waals surface area contributed by atoms with Crippen LogP contribution in [0.5, 0.6) is 0 Å². The van der Waals surface area contributed by atoms with Gasteiger partial charge < -0.3 is 0 Å². The third-order valence-electron chi connectivity index (χ3n) is 1.24. The molecule has 0 aliphatic carbocycles. The van der Waals surface area contributed by atoms with E-state index in [0.717, 1.165) is 0 Å². The Morgan fingerprint density at radius 2 is 2.00 bits per heavy atom. The summed E-state index contributed by atoms with van der Waals surface area (Å²) in [6.07, 6.45) is 1.40. The second kappa shape index (κ2) is 3.28. The molecular weight excluding hydrogens is 116 g/mol. The molecule has 1 atom stereocenters. The van der Waals surface area contributed by atoms with Crippen molar-refractivity contribution in [3.05, 3.63) is 12.7 Å². The van der Waals surface area contributed by atoms with Crippen LogP contribution >= 0.6 is 0 Å². The Morgan fingerprint density at radius 3 is 2.00 bits per heavy atom. The quantitative estimate of drug-likeness (QED) is 0.528. The van der Waals surface area contributed by atoms with E-state index in [0.29, 0.717) is 0 Å². The summed E-state index contributed by atoms with van der Waals surface area (Å²) >= 11 is 0. The first-order valence-corrected chi connectivity index (χ1v) is 2.93. The van der Waals surface area contributed by atoms with Crippen LogP contribution in [0.2, 0.25) is 0 Å². The Labute approximate surface area is 55.2 Å². The number of carbonyl (C=O) groups is 1. The Bertz CT molecular complexity index is 116. The molecule has 0 fully saturated rings. The average molecular weight is 127 g/mol. The second-order valence-electron chi connectivity index (χ2n) is 2.32. The van der Waals surface area contributed by atoms with Crippen LogP contribution in [-0.4, -0.2) is 5.97 Å². The summed E-state index contributed by atoms with van der Waals surface area (Å²) < 4.78 is 0. The zero-order valence-corrected chi connectivity index (χ0v) is 5.76. The third kappa shape index (κ3) is 2.31. The Hall–Kier alpha value is -0.790. The first-order chi connectivity index (χ1) is 4.09. The largest absolute Gasteiger partial charge is 0.362 e. The van der Waals surface area contributed by atoms with Crippen LogP contribution in [0.25, 0.3) is 0 Å². The molecule has 0 aliphatic rings. The molecule has 9 heavy (non-hydrogen) atoms. The molecule has 0 saturated carbocycles. The zero-order chi connectivity index (χ0) is 7.44. The smallest absolute Gasteiger partial charge is 0.247 e. The van der Waals surface area contributed by atoms with E-state index in [2.05, 4.69) is 6.58 Å². The maximum Gasteiger partial charge on any atom is 0.362 e. The van der Waals surface area contributed by atoms with Crippen molar-refractivity contribution in [2.45, 2.75) is 13.8 Å². The topological polar surface area (TPSA) is 37.0 Å². The summed E-state index contributed by atoms with van der Waals surface area (Å²) in [6.45, 7) is 7.03. The van der Waals surface area contributed by atoms with Crippen molar-refractivity contribution in [3.8, 4) is 0 Å². The summed E-state index contributed by atoms with van der Waals surface area (Å²) in [6, 6.07) is 0. The predicted octanol–water partition coefficient (Wildman–Crippen LogP) is 1.40. The fourth-order valence-corrected chi connectivity index (χ4v) is 0.641. The molecular formula is C7H11O2. The maximum atomic E-state index is 10.2. The van der Waals surface area contributed by atoms with Crippen molar-refractivity contribution in [1.82, 2.24) is 0 Å². The number of hydrogen-bond acceptors (Lipinski definition) is 1. The molecule has 1 unspecified atom stereocenters. The molecule has 0 heterocycles. The van der Waals surface area contributed by atoms with E-state index in [1.165, 1.54) is 6.08 Å². The average Bonchev–Trinajstić information content (AvgIpc) is 1.64. The van der Waals surface area contributed by atoms with Crippen LogP contribution in [0.15, 0.2) is 12.7 Å². The van der Waals surface area contributed by atoms with Gasteiger partial charge in [0.05, 0.1) is 5.92 Å². The number of hydrogen-bond donors (Lipinski definition) is 0. The summed E-state index contributed by atoms with van der Waals surface area (Å²) in [5.74, 6) is -1.47. The van der Waals surface area contributed by atoms with Gasteiger partial charge in [0.15, 0.2) is 0 Å². The van der Waals surface area contributed by atoms with Gasteiger partial charge in [-0.25, -0.2) is 9.90 Å². The molecule has 0 spiro atoms. The van der Waals surface area contributed by atoms with Gasteiger partial charge in [0.25, 0.3) is 0 Å². The van der Waals surface area contributed by atoms with E-state index in [-0.39, 0.29) is 5.92 Å². The van der Waals surface area contributed by atoms with Gasteiger partial charge in [-0.1, -0.05) is 19.9 Å². The van der Waals surface area contributed by atoms with E-state index in [1.54, 1.807) is 0 Å². The summed E-state index contributed by atoms with van der Waals surface area (Å²) in [4.78, 5) is 10.2. The minimum absolute atomic E-state index is 0.0764. The highest BCUT2D eigenvalue weighted by Gasteiger charge is 2.18. The lowest BCUT2D eigenvalue weighted by molar-refractivity contribution is -0.147. The summed E-state index contributed by atoms with van der Waals surface area (Å²) in [5.41, 5.74) is 0. The third-order valence-corrected chi connectivity index (χ3v) is 1.24. The molecule has 1 radical (unpaired) electrons. The molecule has 0 amide bonds. The Balaban J connectivity index is 3.98. The minimum atomic E-state index is -1.04. The predicted molar refractivity (Wildman–Crippen MR) is 34.2 cm³/mol. The van der Waals surface area contributed by atoms with Gasteiger partial charge in [0.1, 0.15) is 0 Å². The van der Waals surface area contributed by atoms with Crippen LogP contribution in [0.1, 0.15) is 13.8 Å². The highest BCUT2D eigenvalue weighted by atomic mass is 16.4. The molecule has 0 N–H and O–H groups in total. The van der Waals surface area contributed by atoms with Crippen LogP contribution in [0.4, 0.5) is 0 Å². The summed E-state index contributed by atoms with van der Waals surface area (Å²) in [5, 5.41) is 10.2. The van der Waals surface area contributed by atoms with Gasteiger partial charge >= 0.3 is 5.97 Å². The van der Waals surface area contributed by atoms with E-state index in [1.807, 2.05) is 13.8 Å². The lowest BCUT2D eigenvalue weighted by Crippen LogP contribution is -2.15. The van der Waals surface area contributed by atoms with Gasteiger partial charge in [-0.3, -0.25) is 0 Å². The Morgan fingerprint density at radius 1 is 1.56 bits per heavy atom. The van der Waals surface area contributed by atoms with Crippen LogP contribution < -0.4 is 0 Å². The zero-order valence-electron chi connectivity index (χ0n) is 5.76. The molecule has 0 aliphatic heterocycles. The van der Waals surface area contributed by atoms with Crippen molar-refractivity contribution in [2.24, 2.45) is 11.8 Å². The molecule has 0 aromatic heterocycles. The van der Waals surface area contributed by atoms with Crippen molar-refractivity contribution in [1.29, 1.82) is 0 Å². The van der Waals surface area contributed by atoms with Crippen molar-refractivity contribution < 1.29 is 9.90 Å². The highest BCUT2D eigenvalue weighted by Crippen LogP contribution is 2.11. The van der Waals surface area contributed by atoms with Crippen molar-refractivity contribution in [3.63, 3.8) is 0 Å². The second-order valence-corrected chi connectivity index (χ2v) is 2.32. The lowest BCUT2D eigenvalue weighted by atomic mass is 9.97. The molecule has 0 bridgehead atoms. The molecule has 2 heteroatoms. The molecule has 0 saturated heterocycles. The van der Waals surface area contributed by atoms with Gasteiger partial charge in [-0.15, -0.1) is 6.58 Å². The van der Waals surface area contributed by atoms with E-state index < -0.39 is 11.9 Å². The van der Waals surface area contributed by atoms with Crippen LogP contribution in [0.3, 0.4) is 0 Å².